The van der Waals surface area contributed by atoms with Gasteiger partial charge in [0, 0.05) is 13.6 Å². The second-order valence-corrected chi connectivity index (χ2v) is 4.92. The second kappa shape index (κ2) is 4.86. The largest absolute Gasteiger partial charge is 0.478 e. The van der Waals surface area contributed by atoms with Crippen LogP contribution in [0.15, 0.2) is 18.2 Å². The minimum atomic E-state index is -1.01. The van der Waals surface area contributed by atoms with E-state index in [1.54, 1.807) is 6.07 Å². The summed E-state index contributed by atoms with van der Waals surface area (Å²) >= 11 is 0. The average molecular weight is 250 g/mol. The lowest BCUT2D eigenvalue weighted by Gasteiger charge is -2.35. The number of hydrogen-bond donors (Lipinski definition) is 3. The summed E-state index contributed by atoms with van der Waals surface area (Å²) in [6.07, 6.45) is 1.44. The molecule has 0 saturated heterocycles. The number of aliphatic hydroxyl groups excluding tert-OH is 1. The molecule has 0 aliphatic heterocycles. The molecule has 0 radical (unpaired) electrons. The first kappa shape index (κ1) is 12.7. The minimum Gasteiger partial charge on any atom is -0.478 e. The number of carbonyl (C=O) groups is 1. The van der Waals surface area contributed by atoms with Crippen LogP contribution in [-0.2, 0) is 0 Å². The number of aliphatic hydroxyl groups is 1. The first-order chi connectivity index (χ1) is 8.49. The number of rotatable bonds is 4. The molecule has 5 nitrogen and oxygen atoms in total. The van der Waals surface area contributed by atoms with Gasteiger partial charge in [0.15, 0.2) is 0 Å². The molecule has 98 valence electrons. The van der Waals surface area contributed by atoms with Crippen molar-refractivity contribution >= 4 is 17.3 Å². The smallest absolute Gasteiger partial charge is 0.337 e. The van der Waals surface area contributed by atoms with Gasteiger partial charge in [0.2, 0.25) is 0 Å². The summed E-state index contributed by atoms with van der Waals surface area (Å²) < 4.78 is 0. The van der Waals surface area contributed by atoms with Crippen molar-refractivity contribution in [3.63, 3.8) is 0 Å². The van der Waals surface area contributed by atoms with E-state index in [-0.39, 0.29) is 11.7 Å². The average Bonchev–Trinajstić information content (AvgIpc) is 2.26. The summed E-state index contributed by atoms with van der Waals surface area (Å²) in [4.78, 5) is 13.0. The highest BCUT2D eigenvalue weighted by Gasteiger charge is 2.28. The van der Waals surface area contributed by atoms with Gasteiger partial charge in [0.25, 0.3) is 0 Å². The van der Waals surface area contributed by atoms with Crippen LogP contribution in [0.3, 0.4) is 0 Å². The molecule has 0 unspecified atom stereocenters. The molecule has 0 heterocycles. The molecular formula is C13H18N2O3. The predicted octanol–water partition coefficient (Wildman–Crippen LogP) is 1.17. The van der Waals surface area contributed by atoms with Gasteiger partial charge in [-0.05, 0) is 30.9 Å². The number of para-hydroxylation sites is 1. The highest BCUT2D eigenvalue weighted by molar-refractivity contribution is 5.97. The highest BCUT2D eigenvalue weighted by Crippen LogP contribution is 2.31. The Hall–Kier alpha value is -1.75. The Morgan fingerprint density at radius 2 is 2.17 bits per heavy atom. The summed E-state index contributed by atoms with van der Waals surface area (Å²) in [6.45, 7) is 0.782. The van der Waals surface area contributed by atoms with Crippen LogP contribution in [0.25, 0.3) is 0 Å². The molecule has 1 aromatic carbocycles. The predicted molar refractivity (Wildman–Crippen MR) is 69.8 cm³/mol. The highest BCUT2D eigenvalue weighted by atomic mass is 16.4. The lowest BCUT2D eigenvalue weighted by Crippen LogP contribution is -2.37. The molecule has 0 spiro atoms. The third kappa shape index (κ3) is 2.41. The number of nitrogen functional groups attached to an aromatic ring is 1. The van der Waals surface area contributed by atoms with E-state index in [9.17, 15) is 9.90 Å². The quantitative estimate of drug-likeness (QED) is 0.698. The van der Waals surface area contributed by atoms with Crippen LogP contribution in [0.5, 0.6) is 0 Å². The van der Waals surface area contributed by atoms with Gasteiger partial charge < -0.3 is 20.8 Å². The molecule has 0 aromatic heterocycles. The maximum Gasteiger partial charge on any atom is 0.337 e. The topological polar surface area (TPSA) is 86.8 Å². The van der Waals surface area contributed by atoms with Crippen molar-refractivity contribution in [1.82, 2.24) is 0 Å². The van der Waals surface area contributed by atoms with Gasteiger partial charge in [-0.15, -0.1) is 0 Å². The van der Waals surface area contributed by atoms with E-state index in [1.807, 2.05) is 18.0 Å². The van der Waals surface area contributed by atoms with E-state index < -0.39 is 5.97 Å². The van der Waals surface area contributed by atoms with Crippen molar-refractivity contribution in [3.05, 3.63) is 23.8 Å². The molecular weight excluding hydrogens is 232 g/mol. The van der Waals surface area contributed by atoms with Gasteiger partial charge >= 0.3 is 5.97 Å². The van der Waals surface area contributed by atoms with Gasteiger partial charge in [0.1, 0.15) is 0 Å². The summed E-state index contributed by atoms with van der Waals surface area (Å²) in [6, 6.07) is 5.01. The molecule has 1 aliphatic rings. The number of carboxylic acid groups (broad SMARTS) is 1. The minimum absolute atomic E-state index is 0.132. The summed E-state index contributed by atoms with van der Waals surface area (Å²) in [5.41, 5.74) is 7.04. The zero-order valence-corrected chi connectivity index (χ0v) is 10.3. The number of benzene rings is 1. The molecule has 0 amide bonds. The van der Waals surface area contributed by atoms with Gasteiger partial charge in [0.05, 0.1) is 23.0 Å². The monoisotopic (exact) mass is 250 g/mol. The number of anilines is 2. The van der Waals surface area contributed by atoms with Crippen LogP contribution in [0.4, 0.5) is 11.4 Å². The molecule has 18 heavy (non-hydrogen) atoms. The Labute approximate surface area is 106 Å². The van der Waals surface area contributed by atoms with Crippen molar-refractivity contribution in [1.29, 1.82) is 0 Å². The summed E-state index contributed by atoms with van der Waals surface area (Å²) in [5, 5.41) is 18.3. The zero-order chi connectivity index (χ0) is 13.3. The van der Waals surface area contributed by atoms with E-state index in [0.29, 0.717) is 11.6 Å². The molecule has 2 rings (SSSR count). The zero-order valence-electron chi connectivity index (χ0n) is 10.3. The van der Waals surface area contributed by atoms with Crippen LogP contribution in [0.1, 0.15) is 23.2 Å². The van der Waals surface area contributed by atoms with Crippen LogP contribution in [0.2, 0.25) is 0 Å². The maximum absolute atomic E-state index is 11.0. The number of carboxylic acids is 1. The van der Waals surface area contributed by atoms with Gasteiger partial charge in [-0.3, -0.25) is 0 Å². The SMILES string of the molecule is CN(CC1CC(O)C1)c1cccc(C(=O)O)c1N. The molecule has 1 aromatic rings. The van der Waals surface area contributed by atoms with Crippen molar-refractivity contribution in [2.45, 2.75) is 18.9 Å². The van der Waals surface area contributed by atoms with Crippen LogP contribution >= 0.6 is 0 Å². The molecule has 1 aliphatic carbocycles. The van der Waals surface area contributed by atoms with Gasteiger partial charge in [-0.1, -0.05) is 6.07 Å². The van der Waals surface area contributed by atoms with Gasteiger partial charge in [-0.2, -0.15) is 0 Å². The molecule has 1 saturated carbocycles. The van der Waals surface area contributed by atoms with E-state index >= 15 is 0 Å². The summed E-state index contributed by atoms with van der Waals surface area (Å²) in [7, 11) is 1.89. The maximum atomic E-state index is 11.0. The Balaban J connectivity index is 2.12. The summed E-state index contributed by atoms with van der Waals surface area (Å²) in [5.74, 6) is -0.556. The molecule has 0 bridgehead atoms. The molecule has 0 atom stereocenters. The molecule has 4 N–H and O–H groups in total. The van der Waals surface area contributed by atoms with E-state index in [0.717, 1.165) is 25.1 Å². The second-order valence-electron chi connectivity index (χ2n) is 4.92. The molecule has 1 fully saturated rings. The van der Waals surface area contributed by atoms with E-state index in [1.165, 1.54) is 6.07 Å². The number of hydrogen-bond acceptors (Lipinski definition) is 4. The van der Waals surface area contributed by atoms with Gasteiger partial charge in [-0.25, -0.2) is 4.79 Å². The fourth-order valence-electron chi connectivity index (χ4n) is 2.41. The third-order valence-corrected chi connectivity index (χ3v) is 3.47. The third-order valence-electron chi connectivity index (χ3n) is 3.47. The van der Waals surface area contributed by atoms with E-state index in [4.69, 9.17) is 10.8 Å². The fraction of sp³-hybridized carbons (Fsp3) is 0.462. The first-order valence-corrected chi connectivity index (χ1v) is 6.00. The Kier molecular flexibility index (Phi) is 3.43. The lowest BCUT2D eigenvalue weighted by molar-refractivity contribution is 0.0465. The normalized spacial score (nSPS) is 22.3. The van der Waals surface area contributed by atoms with Crippen LogP contribution in [-0.4, -0.2) is 35.9 Å². The Morgan fingerprint density at radius 3 is 2.72 bits per heavy atom. The lowest BCUT2D eigenvalue weighted by atomic mass is 9.82. The number of nitrogens with zero attached hydrogens (tertiary/aromatic N) is 1. The van der Waals surface area contributed by atoms with E-state index in [2.05, 4.69) is 0 Å². The number of aromatic carboxylic acids is 1. The van der Waals surface area contributed by atoms with Crippen molar-refractivity contribution in [3.8, 4) is 0 Å². The Morgan fingerprint density at radius 1 is 1.50 bits per heavy atom. The van der Waals surface area contributed by atoms with Crippen molar-refractivity contribution in [2.24, 2.45) is 5.92 Å². The number of nitrogens with two attached hydrogens (primary N) is 1. The van der Waals surface area contributed by atoms with Crippen molar-refractivity contribution < 1.29 is 15.0 Å². The first-order valence-electron chi connectivity index (χ1n) is 6.00. The molecule has 5 heteroatoms. The van der Waals surface area contributed by atoms with Crippen LogP contribution in [0, 0.1) is 5.92 Å². The standard InChI is InChI=1S/C13H18N2O3/c1-15(7-8-5-9(16)6-8)11-4-2-3-10(12(11)14)13(17)18/h2-4,8-9,16H,5-7,14H2,1H3,(H,17,18). The van der Waals surface area contributed by atoms with Crippen LogP contribution < -0.4 is 10.6 Å². The Bertz CT molecular complexity index is 456. The fourth-order valence-corrected chi connectivity index (χ4v) is 2.41. The van der Waals surface area contributed by atoms with Crippen molar-refractivity contribution in [2.75, 3.05) is 24.2 Å².